The number of aromatic hydroxyl groups is 2. The highest BCUT2D eigenvalue weighted by Crippen LogP contribution is 2.46. The lowest BCUT2D eigenvalue weighted by Gasteiger charge is -2.26. The van der Waals surface area contributed by atoms with Crippen LogP contribution in [-0.2, 0) is 19.2 Å². The summed E-state index contributed by atoms with van der Waals surface area (Å²) in [7, 11) is 0. The van der Waals surface area contributed by atoms with Crippen LogP contribution in [0.25, 0.3) is 0 Å². The second-order valence-electron chi connectivity index (χ2n) is 7.23. The third-order valence-corrected chi connectivity index (χ3v) is 5.67. The van der Waals surface area contributed by atoms with Crippen LogP contribution in [0.3, 0.4) is 0 Å². The predicted octanol–water partition coefficient (Wildman–Crippen LogP) is 1.39. The topological polar surface area (TPSA) is 133 Å². The van der Waals surface area contributed by atoms with Crippen molar-refractivity contribution in [1.29, 1.82) is 0 Å². The summed E-state index contributed by atoms with van der Waals surface area (Å²) in [4.78, 5) is 44.5. The molecule has 9 nitrogen and oxygen atoms in total. The number of hydroxylamine groups is 2. The quantitative estimate of drug-likeness (QED) is 0.492. The van der Waals surface area contributed by atoms with E-state index in [9.17, 15) is 24.6 Å². The van der Waals surface area contributed by atoms with Crippen molar-refractivity contribution in [3.63, 3.8) is 0 Å². The van der Waals surface area contributed by atoms with Gasteiger partial charge in [0.15, 0.2) is 17.6 Å². The molecule has 2 aliphatic rings. The molecule has 2 aliphatic heterocycles. The highest BCUT2D eigenvalue weighted by molar-refractivity contribution is 6.32. The van der Waals surface area contributed by atoms with Gasteiger partial charge in [-0.05, 0) is 42.3 Å². The maximum Gasteiger partial charge on any atom is 0.265 e. The molecule has 0 bridgehead atoms. The second kappa shape index (κ2) is 7.28. The first-order valence-corrected chi connectivity index (χ1v) is 9.44. The van der Waals surface area contributed by atoms with E-state index in [4.69, 9.17) is 22.2 Å². The fraction of sp³-hybridized carbons (Fsp3) is 0.250. The monoisotopic (exact) mass is 431 g/mol. The minimum atomic E-state index is -1.17. The Morgan fingerprint density at radius 1 is 1.13 bits per heavy atom. The zero-order valence-corrected chi connectivity index (χ0v) is 16.5. The molecule has 2 saturated heterocycles. The number of anilines is 1. The minimum absolute atomic E-state index is 0.312. The molecule has 4 N–H and O–H groups in total. The first-order valence-electron chi connectivity index (χ1n) is 9.06. The first kappa shape index (κ1) is 20.1. The average molecular weight is 432 g/mol. The first-order chi connectivity index (χ1) is 14.2. The van der Waals surface area contributed by atoms with Gasteiger partial charge in [0.2, 0.25) is 11.8 Å². The highest BCUT2D eigenvalue weighted by Gasteiger charge is 2.60. The molecule has 2 aromatic rings. The average Bonchev–Trinajstić information content (AvgIpc) is 3.15. The van der Waals surface area contributed by atoms with Gasteiger partial charge in [0.05, 0.1) is 17.6 Å². The van der Waals surface area contributed by atoms with Crippen molar-refractivity contribution in [3.8, 4) is 11.5 Å². The number of fused-ring (bicyclic) bond motifs is 1. The fourth-order valence-corrected chi connectivity index (χ4v) is 4.01. The van der Waals surface area contributed by atoms with Crippen LogP contribution in [0.4, 0.5) is 5.69 Å². The number of primary amides is 1. The highest BCUT2D eigenvalue weighted by atomic mass is 35.5. The van der Waals surface area contributed by atoms with Gasteiger partial charge in [-0.1, -0.05) is 23.7 Å². The molecule has 3 amide bonds. The number of benzene rings is 2. The van der Waals surface area contributed by atoms with Crippen molar-refractivity contribution in [2.45, 2.75) is 19.1 Å². The molecule has 0 aliphatic carbocycles. The number of nitrogens with zero attached hydrogens (tertiary/aromatic N) is 2. The zero-order chi connectivity index (χ0) is 21.7. The molecule has 3 unspecified atom stereocenters. The van der Waals surface area contributed by atoms with Gasteiger partial charge < -0.3 is 15.9 Å². The van der Waals surface area contributed by atoms with Crippen LogP contribution in [0.5, 0.6) is 11.5 Å². The van der Waals surface area contributed by atoms with Gasteiger partial charge in [-0.25, -0.2) is 4.90 Å². The Morgan fingerprint density at radius 3 is 2.50 bits per heavy atom. The van der Waals surface area contributed by atoms with Gasteiger partial charge in [-0.3, -0.25) is 19.2 Å². The van der Waals surface area contributed by atoms with E-state index in [1.165, 1.54) is 29.3 Å². The van der Waals surface area contributed by atoms with Crippen LogP contribution in [-0.4, -0.2) is 45.6 Å². The van der Waals surface area contributed by atoms with E-state index in [0.717, 1.165) is 10.5 Å². The summed E-state index contributed by atoms with van der Waals surface area (Å²) in [5.41, 5.74) is 6.77. The number of hydrogen-bond acceptors (Lipinski definition) is 7. The summed E-state index contributed by atoms with van der Waals surface area (Å²) >= 11 is 6.15. The summed E-state index contributed by atoms with van der Waals surface area (Å²) in [6.07, 6.45) is -1.17. The van der Waals surface area contributed by atoms with Crippen molar-refractivity contribution in [2.24, 2.45) is 11.7 Å². The van der Waals surface area contributed by atoms with E-state index in [0.29, 0.717) is 16.3 Å². The Labute approximate surface area is 176 Å². The molecule has 30 heavy (non-hydrogen) atoms. The molecule has 2 heterocycles. The molecule has 3 atom stereocenters. The molecular weight excluding hydrogens is 414 g/mol. The Hall–Kier alpha value is -3.14. The van der Waals surface area contributed by atoms with Crippen LogP contribution >= 0.6 is 11.6 Å². The molecule has 0 spiro atoms. The van der Waals surface area contributed by atoms with Crippen molar-refractivity contribution >= 4 is 35.0 Å². The van der Waals surface area contributed by atoms with Crippen molar-refractivity contribution in [1.82, 2.24) is 5.06 Å². The van der Waals surface area contributed by atoms with E-state index in [2.05, 4.69) is 0 Å². The molecule has 2 aromatic carbocycles. The van der Waals surface area contributed by atoms with Crippen molar-refractivity contribution in [3.05, 3.63) is 52.5 Å². The molecule has 0 radical (unpaired) electrons. The number of imide groups is 1. The fourth-order valence-electron chi connectivity index (χ4n) is 3.83. The number of nitrogens with two attached hydrogens (primary N) is 1. The van der Waals surface area contributed by atoms with Crippen molar-refractivity contribution < 1.29 is 29.4 Å². The van der Waals surface area contributed by atoms with E-state index in [1.54, 1.807) is 19.1 Å². The van der Waals surface area contributed by atoms with Gasteiger partial charge in [-0.15, -0.1) is 0 Å². The number of carbonyl (C=O) groups excluding carboxylic acids is 3. The third kappa shape index (κ3) is 3.17. The summed E-state index contributed by atoms with van der Waals surface area (Å²) in [6, 6.07) is 7.93. The molecule has 0 saturated carbocycles. The molecule has 2 fully saturated rings. The van der Waals surface area contributed by atoms with Crippen LogP contribution in [0.15, 0.2) is 36.4 Å². The van der Waals surface area contributed by atoms with E-state index in [1.807, 2.05) is 0 Å². The molecule has 4 rings (SSSR count). The number of carbonyl (C=O) groups is 3. The van der Waals surface area contributed by atoms with Gasteiger partial charge in [0.25, 0.3) is 5.91 Å². The molecular formula is C20H18ClN3O6. The lowest BCUT2D eigenvalue weighted by molar-refractivity contribution is -0.175. The minimum Gasteiger partial charge on any atom is -0.504 e. The Balaban J connectivity index is 1.76. The van der Waals surface area contributed by atoms with Crippen molar-refractivity contribution in [2.75, 3.05) is 11.4 Å². The van der Waals surface area contributed by atoms with Crippen LogP contribution < -0.4 is 10.6 Å². The summed E-state index contributed by atoms with van der Waals surface area (Å²) < 4.78 is 0. The Bertz CT molecular complexity index is 1070. The van der Waals surface area contributed by atoms with E-state index < -0.39 is 41.5 Å². The molecule has 156 valence electrons. The number of rotatable bonds is 4. The molecule has 10 heteroatoms. The predicted molar refractivity (Wildman–Crippen MR) is 105 cm³/mol. The number of aryl methyl sites for hydroxylation is 1. The van der Waals surface area contributed by atoms with Gasteiger partial charge in [0.1, 0.15) is 6.54 Å². The second-order valence-corrected chi connectivity index (χ2v) is 7.64. The van der Waals surface area contributed by atoms with Gasteiger partial charge in [0, 0.05) is 5.02 Å². The van der Waals surface area contributed by atoms with Gasteiger partial charge >= 0.3 is 0 Å². The summed E-state index contributed by atoms with van der Waals surface area (Å²) in [5, 5.41) is 21.1. The summed E-state index contributed by atoms with van der Waals surface area (Å²) in [5.74, 6) is -3.58. The number of halogens is 1. The maximum atomic E-state index is 13.3. The largest absolute Gasteiger partial charge is 0.504 e. The standard InChI is InChI=1S/C20H18ClN3O6/c1-9-2-4-11(7-12(9)21)24-19(28)16-17(10-3-5-13(25)14(26)6-10)23(8-15(22)27)30-18(16)20(24)29/h2-7,16-18,25-26H,8H2,1H3,(H2,22,27). The van der Waals surface area contributed by atoms with E-state index in [-0.39, 0.29) is 12.3 Å². The number of amides is 3. The Kier molecular flexibility index (Phi) is 4.89. The normalized spacial score (nSPS) is 23.8. The summed E-state index contributed by atoms with van der Waals surface area (Å²) in [6.45, 7) is 1.43. The molecule has 0 aromatic heterocycles. The van der Waals surface area contributed by atoms with Crippen LogP contribution in [0.1, 0.15) is 17.2 Å². The maximum absolute atomic E-state index is 13.3. The van der Waals surface area contributed by atoms with Crippen LogP contribution in [0.2, 0.25) is 5.02 Å². The number of phenols is 2. The number of hydrogen-bond donors (Lipinski definition) is 3. The Morgan fingerprint density at radius 2 is 1.87 bits per heavy atom. The number of phenolic OH excluding ortho intramolecular Hbond substituents is 2. The lowest BCUT2D eigenvalue weighted by Crippen LogP contribution is -2.40. The third-order valence-electron chi connectivity index (χ3n) is 5.26. The zero-order valence-electron chi connectivity index (χ0n) is 15.8. The lowest BCUT2D eigenvalue weighted by atomic mass is 9.90. The SMILES string of the molecule is Cc1ccc(N2C(=O)C3ON(CC(N)=O)C(c4ccc(O)c(O)c4)C3C2=O)cc1Cl. The van der Waals surface area contributed by atoms with Crippen LogP contribution in [0, 0.1) is 12.8 Å². The van der Waals surface area contributed by atoms with Gasteiger partial charge in [-0.2, -0.15) is 5.06 Å². The van der Waals surface area contributed by atoms with E-state index >= 15 is 0 Å². The smallest absolute Gasteiger partial charge is 0.265 e.